The Morgan fingerprint density at radius 3 is 2.78 bits per heavy atom. The molecular formula is C18H26N4O3S2. The smallest absolute Gasteiger partial charge is 0.251 e. The highest BCUT2D eigenvalue weighted by Crippen LogP contribution is 2.34. The minimum Gasteiger partial charge on any atom is -0.351 e. The predicted molar refractivity (Wildman–Crippen MR) is 111 cm³/mol. The zero-order valence-corrected chi connectivity index (χ0v) is 17.3. The van der Waals surface area contributed by atoms with Crippen LogP contribution in [0.1, 0.15) is 24.2 Å². The Balaban J connectivity index is 1.56. The van der Waals surface area contributed by atoms with E-state index in [2.05, 4.69) is 34.4 Å². The molecule has 0 aliphatic carbocycles. The molecule has 0 bridgehead atoms. The number of nitrogens with zero attached hydrogens (tertiary/aromatic N) is 2. The van der Waals surface area contributed by atoms with Crippen molar-refractivity contribution in [2.45, 2.75) is 25.1 Å². The number of aliphatic imine (C=N–C) groups is 1. The molecule has 3 rings (SSSR count). The van der Waals surface area contributed by atoms with Gasteiger partial charge in [0.1, 0.15) is 0 Å². The van der Waals surface area contributed by atoms with Crippen LogP contribution >= 0.6 is 11.8 Å². The van der Waals surface area contributed by atoms with Crippen molar-refractivity contribution in [3.05, 3.63) is 29.8 Å². The maximum atomic E-state index is 12.4. The lowest BCUT2D eigenvalue weighted by molar-refractivity contribution is 0.0949. The van der Waals surface area contributed by atoms with Gasteiger partial charge in [-0.3, -0.25) is 9.79 Å². The van der Waals surface area contributed by atoms with Crippen LogP contribution in [-0.4, -0.2) is 73.4 Å². The molecule has 148 valence electrons. The van der Waals surface area contributed by atoms with Crippen LogP contribution < -0.4 is 10.6 Å². The van der Waals surface area contributed by atoms with Crippen molar-refractivity contribution in [3.63, 3.8) is 0 Å². The van der Waals surface area contributed by atoms with Crippen LogP contribution in [0.4, 0.5) is 5.69 Å². The van der Waals surface area contributed by atoms with Crippen molar-refractivity contribution in [1.82, 2.24) is 10.2 Å². The summed E-state index contributed by atoms with van der Waals surface area (Å²) in [4.78, 5) is 19.1. The van der Waals surface area contributed by atoms with Crippen LogP contribution in [0.3, 0.4) is 0 Å². The van der Waals surface area contributed by atoms with E-state index in [1.54, 1.807) is 12.1 Å². The van der Waals surface area contributed by atoms with E-state index in [1.807, 2.05) is 12.1 Å². The quantitative estimate of drug-likeness (QED) is 0.707. The monoisotopic (exact) mass is 410 g/mol. The number of thioether (sulfide) groups is 1. The van der Waals surface area contributed by atoms with Gasteiger partial charge in [-0.2, -0.15) is 0 Å². The maximum absolute atomic E-state index is 12.4. The Kier molecular flexibility index (Phi) is 6.44. The van der Waals surface area contributed by atoms with E-state index in [0.29, 0.717) is 12.1 Å². The molecule has 27 heavy (non-hydrogen) atoms. The molecule has 2 unspecified atom stereocenters. The van der Waals surface area contributed by atoms with Gasteiger partial charge in [0.15, 0.2) is 15.0 Å². The van der Waals surface area contributed by atoms with Gasteiger partial charge in [0.25, 0.3) is 5.91 Å². The van der Waals surface area contributed by atoms with E-state index in [0.717, 1.165) is 30.5 Å². The topological polar surface area (TPSA) is 90.9 Å². The molecular weight excluding hydrogens is 384 g/mol. The van der Waals surface area contributed by atoms with Gasteiger partial charge in [-0.1, -0.05) is 31.7 Å². The first-order valence-electron chi connectivity index (χ1n) is 9.22. The summed E-state index contributed by atoms with van der Waals surface area (Å²) in [6.45, 7) is 7.58. The average Bonchev–Trinajstić information content (AvgIpc) is 3.11. The van der Waals surface area contributed by atoms with Crippen molar-refractivity contribution in [3.8, 4) is 0 Å². The van der Waals surface area contributed by atoms with Crippen molar-refractivity contribution in [1.29, 1.82) is 0 Å². The van der Waals surface area contributed by atoms with Crippen LogP contribution in [0.5, 0.6) is 0 Å². The summed E-state index contributed by atoms with van der Waals surface area (Å²) in [6, 6.07) is 7.12. The highest BCUT2D eigenvalue weighted by molar-refractivity contribution is 8.15. The van der Waals surface area contributed by atoms with E-state index >= 15 is 0 Å². The van der Waals surface area contributed by atoms with Crippen molar-refractivity contribution < 1.29 is 13.2 Å². The second-order valence-electron chi connectivity index (χ2n) is 6.72. The molecule has 2 N–H and O–H groups in total. The molecule has 2 aliphatic rings. The van der Waals surface area contributed by atoms with Crippen LogP contribution in [0.15, 0.2) is 29.3 Å². The number of benzene rings is 1. The Bertz CT molecular complexity index is 822. The van der Waals surface area contributed by atoms with Crippen LogP contribution in [0.25, 0.3) is 0 Å². The van der Waals surface area contributed by atoms with E-state index in [9.17, 15) is 13.2 Å². The van der Waals surface area contributed by atoms with Crippen molar-refractivity contribution in [2.24, 2.45) is 4.99 Å². The second-order valence-corrected chi connectivity index (χ2v) is 10.1. The molecule has 0 aromatic heterocycles. The SMILES string of the molecule is CCN(CC)CCNC(=O)c1cccc(NC2=NC3CS(=O)(=O)CC3S2)c1. The Morgan fingerprint density at radius 2 is 2.07 bits per heavy atom. The third-order valence-corrected chi connectivity index (χ3v) is 7.94. The molecule has 9 heteroatoms. The number of hydrogen-bond donors (Lipinski definition) is 2. The Hall–Kier alpha value is -1.58. The van der Waals surface area contributed by atoms with E-state index in [4.69, 9.17) is 0 Å². The molecule has 1 amide bonds. The molecule has 2 atom stereocenters. The summed E-state index contributed by atoms with van der Waals surface area (Å²) in [5, 5.41) is 6.89. The third-order valence-electron chi connectivity index (χ3n) is 4.80. The van der Waals surface area contributed by atoms with Crippen LogP contribution in [-0.2, 0) is 9.84 Å². The molecule has 7 nitrogen and oxygen atoms in total. The van der Waals surface area contributed by atoms with E-state index in [1.165, 1.54) is 11.8 Å². The predicted octanol–water partition coefficient (Wildman–Crippen LogP) is 1.44. The minimum absolute atomic E-state index is 0.00376. The van der Waals surface area contributed by atoms with Crippen LogP contribution in [0, 0.1) is 0 Å². The molecule has 2 heterocycles. The average molecular weight is 411 g/mol. The number of amides is 1. The Morgan fingerprint density at radius 1 is 1.30 bits per heavy atom. The van der Waals surface area contributed by atoms with E-state index in [-0.39, 0.29) is 28.7 Å². The van der Waals surface area contributed by atoms with Gasteiger partial charge in [-0.05, 0) is 31.3 Å². The summed E-state index contributed by atoms with van der Waals surface area (Å²) in [7, 11) is -2.95. The third kappa shape index (κ3) is 5.24. The number of sulfone groups is 1. The fourth-order valence-electron chi connectivity index (χ4n) is 3.25. The van der Waals surface area contributed by atoms with Gasteiger partial charge >= 0.3 is 0 Å². The number of fused-ring (bicyclic) bond motifs is 1. The first-order chi connectivity index (χ1) is 12.9. The molecule has 0 spiro atoms. The molecule has 0 saturated carbocycles. The molecule has 1 aromatic rings. The first kappa shape index (κ1) is 20.2. The summed E-state index contributed by atoms with van der Waals surface area (Å²) < 4.78 is 23.3. The summed E-state index contributed by atoms with van der Waals surface area (Å²) in [5.41, 5.74) is 1.37. The largest absolute Gasteiger partial charge is 0.351 e. The summed E-state index contributed by atoms with van der Waals surface area (Å²) in [6.07, 6.45) is 0. The van der Waals surface area contributed by atoms with Gasteiger partial charge < -0.3 is 15.5 Å². The number of carbonyl (C=O) groups is 1. The lowest BCUT2D eigenvalue weighted by Crippen LogP contribution is -2.34. The molecule has 1 aromatic carbocycles. The second kappa shape index (κ2) is 8.62. The fraction of sp³-hybridized carbons (Fsp3) is 0.556. The zero-order chi connectivity index (χ0) is 19.4. The molecule has 2 aliphatic heterocycles. The maximum Gasteiger partial charge on any atom is 0.251 e. The Labute approximate surface area is 164 Å². The molecule has 1 saturated heterocycles. The van der Waals surface area contributed by atoms with Gasteiger partial charge in [0.2, 0.25) is 0 Å². The standard InChI is InChI=1S/C18H26N4O3S2/c1-3-22(4-2)9-8-19-17(23)13-6-5-7-14(10-13)20-18-21-15-11-27(24,25)12-16(15)26-18/h5-7,10,15-16H,3-4,8-9,11-12H2,1-2H3,(H,19,23)(H,20,21). The van der Waals surface area contributed by atoms with Gasteiger partial charge in [0, 0.05) is 29.6 Å². The number of hydrogen-bond acceptors (Lipinski definition) is 7. The van der Waals surface area contributed by atoms with Crippen molar-refractivity contribution >= 4 is 38.4 Å². The lowest BCUT2D eigenvalue weighted by Gasteiger charge is -2.18. The first-order valence-corrected chi connectivity index (χ1v) is 11.9. The number of likely N-dealkylation sites (N-methyl/N-ethyl adjacent to an activating group) is 1. The highest BCUT2D eigenvalue weighted by Gasteiger charge is 2.42. The van der Waals surface area contributed by atoms with Gasteiger partial charge in [0.05, 0.1) is 17.5 Å². The minimum atomic E-state index is -2.95. The van der Waals surface area contributed by atoms with E-state index < -0.39 is 9.84 Å². The highest BCUT2D eigenvalue weighted by atomic mass is 32.2. The van der Waals surface area contributed by atoms with Gasteiger partial charge in [-0.15, -0.1) is 0 Å². The summed E-state index contributed by atoms with van der Waals surface area (Å²) in [5.74, 6) is 0.214. The number of rotatable bonds is 7. The van der Waals surface area contributed by atoms with Gasteiger partial charge in [-0.25, -0.2) is 8.42 Å². The fourth-order valence-corrected chi connectivity index (χ4v) is 6.92. The van der Waals surface area contributed by atoms with Crippen molar-refractivity contribution in [2.75, 3.05) is 43.0 Å². The molecule has 1 fully saturated rings. The number of carbonyl (C=O) groups excluding carboxylic acids is 1. The molecule has 0 radical (unpaired) electrons. The normalized spacial score (nSPS) is 23.1. The number of anilines is 1. The van der Waals surface area contributed by atoms with Crippen LogP contribution in [0.2, 0.25) is 0 Å². The zero-order valence-electron chi connectivity index (χ0n) is 15.6. The lowest BCUT2D eigenvalue weighted by atomic mass is 10.2. The summed E-state index contributed by atoms with van der Waals surface area (Å²) >= 11 is 1.47. The number of nitrogens with one attached hydrogen (secondary N) is 2. The number of amidine groups is 1.